The fourth-order valence-electron chi connectivity index (χ4n) is 2.31. The molecule has 3 nitrogen and oxygen atoms in total. The van der Waals surface area contributed by atoms with Crippen LogP contribution in [0.25, 0.3) is 0 Å². The van der Waals surface area contributed by atoms with Gasteiger partial charge in [-0.3, -0.25) is 4.79 Å². The lowest BCUT2D eigenvalue weighted by Crippen LogP contribution is -2.46. The molecule has 100 valence electrons. The minimum absolute atomic E-state index is 0.0584. The van der Waals surface area contributed by atoms with Gasteiger partial charge < -0.3 is 10.6 Å². The highest BCUT2D eigenvalue weighted by Crippen LogP contribution is 2.29. The Morgan fingerprint density at radius 3 is 2.82 bits per heavy atom. The van der Waals surface area contributed by atoms with Crippen molar-refractivity contribution in [1.82, 2.24) is 10.6 Å². The lowest BCUT2D eigenvalue weighted by atomic mass is 10.2. The van der Waals surface area contributed by atoms with Crippen molar-refractivity contribution in [2.75, 3.05) is 12.3 Å². The summed E-state index contributed by atoms with van der Waals surface area (Å²) in [5.41, 5.74) is 0. The Hall–Kier alpha value is -0.220. The zero-order valence-electron chi connectivity index (χ0n) is 11.3. The molecule has 3 atom stereocenters. The van der Waals surface area contributed by atoms with Gasteiger partial charge in [-0.2, -0.15) is 11.8 Å². The first-order valence-corrected chi connectivity index (χ1v) is 7.87. The lowest BCUT2D eigenvalue weighted by molar-refractivity contribution is -0.122. The Morgan fingerprint density at radius 1 is 1.41 bits per heavy atom. The van der Waals surface area contributed by atoms with Gasteiger partial charge in [-0.25, -0.2) is 0 Å². The molecule has 0 heterocycles. The molecular weight excluding hydrogens is 232 g/mol. The van der Waals surface area contributed by atoms with E-state index in [1.165, 1.54) is 25.0 Å². The molecule has 1 saturated carbocycles. The van der Waals surface area contributed by atoms with Crippen LogP contribution in [0.15, 0.2) is 0 Å². The summed E-state index contributed by atoms with van der Waals surface area (Å²) in [4.78, 5) is 11.7. The second-order valence-electron chi connectivity index (χ2n) is 4.77. The molecule has 0 bridgehead atoms. The van der Waals surface area contributed by atoms with Crippen molar-refractivity contribution in [3.8, 4) is 0 Å². The molecule has 1 aliphatic rings. The van der Waals surface area contributed by atoms with Crippen LogP contribution in [0.1, 0.15) is 46.5 Å². The molecule has 3 unspecified atom stereocenters. The van der Waals surface area contributed by atoms with Gasteiger partial charge in [-0.05, 0) is 38.4 Å². The molecule has 0 spiro atoms. The van der Waals surface area contributed by atoms with Crippen molar-refractivity contribution in [1.29, 1.82) is 0 Å². The van der Waals surface area contributed by atoms with Crippen molar-refractivity contribution in [3.05, 3.63) is 0 Å². The van der Waals surface area contributed by atoms with E-state index < -0.39 is 0 Å². The number of hydrogen-bond acceptors (Lipinski definition) is 3. The number of carbonyl (C=O) groups excluding carboxylic acids is 1. The van der Waals surface area contributed by atoms with Crippen LogP contribution in [0.2, 0.25) is 0 Å². The van der Waals surface area contributed by atoms with E-state index in [9.17, 15) is 4.79 Å². The van der Waals surface area contributed by atoms with E-state index in [0.717, 1.165) is 18.2 Å². The number of nitrogens with one attached hydrogen (secondary N) is 2. The summed E-state index contributed by atoms with van der Waals surface area (Å²) in [5, 5.41) is 7.18. The fraction of sp³-hybridized carbons (Fsp3) is 0.923. The quantitative estimate of drug-likeness (QED) is 0.735. The van der Waals surface area contributed by atoms with Gasteiger partial charge in [0.2, 0.25) is 5.91 Å². The highest BCUT2D eigenvalue weighted by molar-refractivity contribution is 7.99. The van der Waals surface area contributed by atoms with E-state index in [-0.39, 0.29) is 11.9 Å². The average Bonchev–Trinajstić information content (AvgIpc) is 2.74. The Kier molecular flexibility index (Phi) is 6.97. The molecule has 17 heavy (non-hydrogen) atoms. The molecule has 0 aliphatic heterocycles. The molecule has 1 amide bonds. The summed E-state index contributed by atoms with van der Waals surface area (Å²) >= 11 is 2.05. The van der Waals surface area contributed by atoms with Crippen molar-refractivity contribution in [3.63, 3.8) is 0 Å². The predicted octanol–water partition coefficient (Wildman–Crippen LogP) is 2.16. The average molecular weight is 258 g/mol. The van der Waals surface area contributed by atoms with Crippen molar-refractivity contribution < 1.29 is 4.79 Å². The van der Waals surface area contributed by atoms with Gasteiger partial charge in [-0.1, -0.05) is 13.8 Å². The molecule has 1 rings (SSSR count). The molecular formula is C13H26N2OS. The van der Waals surface area contributed by atoms with Crippen LogP contribution < -0.4 is 10.6 Å². The van der Waals surface area contributed by atoms with Gasteiger partial charge in [0.1, 0.15) is 0 Å². The molecule has 2 N–H and O–H groups in total. The Balaban J connectivity index is 2.22. The summed E-state index contributed by atoms with van der Waals surface area (Å²) in [6.07, 6.45) is 4.71. The van der Waals surface area contributed by atoms with Crippen LogP contribution in [0.4, 0.5) is 0 Å². The highest BCUT2D eigenvalue weighted by Gasteiger charge is 2.26. The minimum atomic E-state index is -0.0584. The largest absolute Gasteiger partial charge is 0.355 e. The third-order valence-corrected chi connectivity index (χ3v) is 4.45. The first-order chi connectivity index (χ1) is 8.17. The molecule has 4 heteroatoms. The summed E-state index contributed by atoms with van der Waals surface area (Å²) in [5.74, 6) is 1.34. The minimum Gasteiger partial charge on any atom is -0.355 e. The molecule has 0 aromatic carbocycles. The summed E-state index contributed by atoms with van der Waals surface area (Å²) < 4.78 is 0. The van der Waals surface area contributed by atoms with Gasteiger partial charge in [-0.15, -0.1) is 0 Å². The number of rotatable bonds is 7. The standard InChI is InChI=1S/C13H26N2OS/c1-4-8-14-13(16)10(3)15-11-6-7-12(9-11)17-5-2/h10-12,15H,4-9H2,1-3H3,(H,14,16). The maximum absolute atomic E-state index is 11.7. The number of carbonyl (C=O) groups is 1. The number of amides is 1. The molecule has 1 fully saturated rings. The van der Waals surface area contributed by atoms with E-state index in [4.69, 9.17) is 0 Å². The lowest BCUT2D eigenvalue weighted by Gasteiger charge is -2.19. The number of thioether (sulfide) groups is 1. The Bertz CT molecular complexity index is 235. The Labute approximate surface area is 109 Å². The van der Waals surface area contributed by atoms with Crippen LogP contribution in [0.3, 0.4) is 0 Å². The van der Waals surface area contributed by atoms with Crippen molar-refractivity contribution in [2.24, 2.45) is 0 Å². The van der Waals surface area contributed by atoms with Gasteiger partial charge in [0.15, 0.2) is 0 Å². The molecule has 0 saturated heterocycles. The van der Waals surface area contributed by atoms with Crippen LogP contribution in [-0.4, -0.2) is 35.5 Å². The summed E-state index contributed by atoms with van der Waals surface area (Å²) in [7, 11) is 0. The maximum atomic E-state index is 11.7. The topological polar surface area (TPSA) is 41.1 Å². The molecule has 0 aromatic heterocycles. The van der Waals surface area contributed by atoms with E-state index in [1.54, 1.807) is 0 Å². The number of hydrogen-bond donors (Lipinski definition) is 2. The second-order valence-corrected chi connectivity index (χ2v) is 6.34. The van der Waals surface area contributed by atoms with Gasteiger partial charge in [0, 0.05) is 17.8 Å². The van der Waals surface area contributed by atoms with Crippen LogP contribution in [0, 0.1) is 0 Å². The van der Waals surface area contributed by atoms with Crippen LogP contribution >= 0.6 is 11.8 Å². The van der Waals surface area contributed by atoms with Crippen molar-refractivity contribution >= 4 is 17.7 Å². The zero-order chi connectivity index (χ0) is 12.7. The van der Waals surface area contributed by atoms with Gasteiger partial charge in [0.05, 0.1) is 6.04 Å². The Morgan fingerprint density at radius 2 is 2.18 bits per heavy atom. The van der Waals surface area contributed by atoms with Gasteiger partial charge >= 0.3 is 0 Å². The maximum Gasteiger partial charge on any atom is 0.236 e. The SMILES string of the molecule is CCCNC(=O)C(C)NC1CCC(SCC)C1. The zero-order valence-corrected chi connectivity index (χ0v) is 12.1. The second kappa shape index (κ2) is 7.98. The summed E-state index contributed by atoms with van der Waals surface area (Å²) in [6.45, 7) is 7.03. The third-order valence-electron chi connectivity index (χ3n) is 3.22. The van der Waals surface area contributed by atoms with E-state index in [1.807, 2.05) is 6.92 Å². The van der Waals surface area contributed by atoms with Crippen LogP contribution in [0.5, 0.6) is 0 Å². The predicted molar refractivity (Wildman–Crippen MR) is 75.5 cm³/mol. The summed E-state index contributed by atoms with van der Waals surface area (Å²) in [6, 6.07) is 0.471. The monoisotopic (exact) mass is 258 g/mol. The van der Waals surface area contributed by atoms with E-state index in [2.05, 4.69) is 36.2 Å². The molecule has 1 aliphatic carbocycles. The third kappa shape index (κ3) is 5.30. The van der Waals surface area contributed by atoms with E-state index in [0.29, 0.717) is 6.04 Å². The van der Waals surface area contributed by atoms with Crippen molar-refractivity contribution in [2.45, 2.75) is 63.8 Å². The van der Waals surface area contributed by atoms with E-state index >= 15 is 0 Å². The van der Waals surface area contributed by atoms with Gasteiger partial charge in [0.25, 0.3) is 0 Å². The fourth-order valence-corrected chi connectivity index (χ4v) is 3.45. The van der Waals surface area contributed by atoms with Crippen LogP contribution in [-0.2, 0) is 4.79 Å². The first kappa shape index (κ1) is 14.8. The molecule has 0 radical (unpaired) electrons. The highest BCUT2D eigenvalue weighted by atomic mass is 32.2. The molecule has 0 aromatic rings. The smallest absolute Gasteiger partial charge is 0.236 e. The first-order valence-electron chi connectivity index (χ1n) is 6.82. The normalized spacial score (nSPS) is 25.8.